The normalized spacial score (nSPS) is 25.4. The first-order valence-electron chi connectivity index (χ1n) is 5.68. The van der Waals surface area contributed by atoms with E-state index in [1.807, 2.05) is 0 Å². The molecule has 1 fully saturated rings. The second kappa shape index (κ2) is 5.36. The first-order valence-corrected chi connectivity index (χ1v) is 5.68. The van der Waals surface area contributed by atoms with Crippen LogP contribution < -0.4 is 5.32 Å². The SMILES string of the molecule is O=C(NC1CCC(C(F)(F)F)CC1)C(F)(F)C(F)(F)F. The van der Waals surface area contributed by atoms with Gasteiger partial charge in [-0.05, 0) is 25.7 Å². The summed E-state index contributed by atoms with van der Waals surface area (Å²) >= 11 is 0. The summed E-state index contributed by atoms with van der Waals surface area (Å²) in [7, 11) is 0. The molecule has 0 radical (unpaired) electrons. The van der Waals surface area contributed by atoms with Crippen molar-refractivity contribution in [2.45, 2.75) is 50.0 Å². The summed E-state index contributed by atoms with van der Waals surface area (Å²) in [6.07, 6.45) is -11.9. The second-order valence-electron chi connectivity index (χ2n) is 4.64. The highest BCUT2D eigenvalue weighted by molar-refractivity contribution is 5.84. The number of hydrogen-bond acceptors (Lipinski definition) is 1. The molecule has 0 heterocycles. The standard InChI is InChI=1S/C10H11F8NO/c11-8(12,10(16,17)18)7(20)19-6-3-1-5(2-4-6)9(13,14)15/h5-6H,1-4H2,(H,19,20). The molecule has 1 rings (SSSR count). The van der Waals surface area contributed by atoms with Crippen molar-refractivity contribution < 1.29 is 39.9 Å². The fourth-order valence-corrected chi connectivity index (χ4v) is 1.97. The zero-order valence-corrected chi connectivity index (χ0v) is 9.92. The van der Waals surface area contributed by atoms with Crippen LogP contribution in [-0.4, -0.2) is 30.2 Å². The van der Waals surface area contributed by atoms with Crippen molar-refractivity contribution in [2.24, 2.45) is 5.92 Å². The smallest absolute Gasteiger partial charge is 0.348 e. The topological polar surface area (TPSA) is 29.1 Å². The Bertz CT molecular complexity index is 353. The van der Waals surface area contributed by atoms with Gasteiger partial charge in [0, 0.05) is 6.04 Å². The Labute approximate surface area is 108 Å². The summed E-state index contributed by atoms with van der Waals surface area (Å²) in [6, 6.07) is -1.10. The molecule has 0 atom stereocenters. The number of nitrogens with one attached hydrogen (secondary N) is 1. The predicted molar refractivity (Wildman–Crippen MR) is 50.9 cm³/mol. The minimum atomic E-state index is -6.03. The lowest BCUT2D eigenvalue weighted by Gasteiger charge is -2.31. The first-order chi connectivity index (χ1) is 8.85. The molecule has 1 aliphatic rings. The van der Waals surface area contributed by atoms with E-state index in [-0.39, 0.29) is 12.8 Å². The Hall–Kier alpha value is -1.09. The van der Waals surface area contributed by atoms with E-state index < -0.39 is 49.0 Å². The molecule has 0 aromatic rings. The quantitative estimate of drug-likeness (QED) is 0.778. The minimum absolute atomic E-state index is 0.288. The van der Waals surface area contributed by atoms with Gasteiger partial charge in [-0.3, -0.25) is 4.79 Å². The van der Waals surface area contributed by atoms with Crippen LogP contribution in [0.1, 0.15) is 25.7 Å². The van der Waals surface area contributed by atoms with Gasteiger partial charge in [-0.15, -0.1) is 0 Å². The third kappa shape index (κ3) is 3.72. The van der Waals surface area contributed by atoms with E-state index in [0.717, 1.165) is 0 Å². The molecule has 0 bridgehead atoms. The van der Waals surface area contributed by atoms with Crippen LogP contribution in [0.3, 0.4) is 0 Å². The number of rotatable bonds is 2. The zero-order chi connectivity index (χ0) is 15.8. The van der Waals surface area contributed by atoms with Gasteiger partial charge in [0.15, 0.2) is 0 Å². The number of amides is 1. The molecular weight excluding hydrogens is 302 g/mol. The van der Waals surface area contributed by atoms with E-state index in [4.69, 9.17) is 0 Å². The van der Waals surface area contributed by atoms with E-state index in [9.17, 15) is 39.9 Å². The number of alkyl halides is 8. The highest BCUT2D eigenvalue weighted by Crippen LogP contribution is 2.39. The summed E-state index contributed by atoms with van der Waals surface area (Å²) in [5.41, 5.74) is 0. The van der Waals surface area contributed by atoms with Crippen LogP contribution in [0.5, 0.6) is 0 Å². The van der Waals surface area contributed by atoms with Gasteiger partial charge in [-0.2, -0.15) is 35.1 Å². The van der Waals surface area contributed by atoms with Crippen LogP contribution in [0.2, 0.25) is 0 Å². The molecule has 0 unspecified atom stereocenters. The van der Waals surface area contributed by atoms with Gasteiger partial charge >= 0.3 is 24.2 Å². The number of carbonyl (C=O) groups is 1. The van der Waals surface area contributed by atoms with E-state index in [0.29, 0.717) is 0 Å². The molecule has 1 saturated carbocycles. The van der Waals surface area contributed by atoms with Gasteiger partial charge in [0.1, 0.15) is 0 Å². The Balaban J connectivity index is 2.55. The molecule has 20 heavy (non-hydrogen) atoms. The first kappa shape index (κ1) is 17.0. The van der Waals surface area contributed by atoms with Gasteiger partial charge in [-0.25, -0.2) is 0 Å². The monoisotopic (exact) mass is 313 g/mol. The van der Waals surface area contributed by atoms with Gasteiger partial charge in [0.2, 0.25) is 0 Å². The van der Waals surface area contributed by atoms with Crippen LogP contribution in [0, 0.1) is 5.92 Å². The molecule has 0 saturated heterocycles. The number of hydrogen-bond donors (Lipinski definition) is 1. The lowest BCUT2D eigenvalue weighted by atomic mass is 9.85. The van der Waals surface area contributed by atoms with Crippen molar-refractivity contribution in [3.05, 3.63) is 0 Å². The molecule has 1 N–H and O–H groups in total. The molecule has 2 nitrogen and oxygen atoms in total. The third-order valence-corrected chi connectivity index (χ3v) is 3.17. The maximum absolute atomic E-state index is 12.6. The molecule has 0 aromatic carbocycles. The molecular formula is C10H11F8NO. The third-order valence-electron chi connectivity index (χ3n) is 3.17. The van der Waals surface area contributed by atoms with Crippen molar-refractivity contribution in [1.82, 2.24) is 5.32 Å². The summed E-state index contributed by atoms with van der Waals surface area (Å²) in [5, 5.41) is 1.46. The Morgan fingerprint density at radius 2 is 1.30 bits per heavy atom. The van der Waals surface area contributed by atoms with Crippen LogP contribution in [-0.2, 0) is 4.79 Å². The average Bonchev–Trinajstić information content (AvgIpc) is 2.26. The van der Waals surface area contributed by atoms with Gasteiger partial charge < -0.3 is 5.32 Å². The van der Waals surface area contributed by atoms with Crippen molar-refractivity contribution in [3.63, 3.8) is 0 Å². The maximum Gasteiger partial charge on any atom is 0.463 e. The van der Waals surface area contributed by atoms with Crippen LogP contribution in [0.25, 0.3) is 0 Å². The van der Waals surface area contributed by atoms with Crippen LogP contribution in [0.15, 0.2) is 0 Å². The van der Waals surface area contributed by atoms with Crippen LogP contribution in [0.4, 0.5) is 35.1 Å². The van der Waals surface area contributed by atoms with E-state index >= 15 is 0 Å². The fourth-order valence-electron chi connectivity index (χ4n) is 1.97. The van der Waals surface area contributed by atoms with Crippen molar-refractivity contribution in [2.75, 3.05) is 0 Å². The summed E-state index contributed by atoms with van der Waals surface area (Å²) in [4.78, 5) is 10.9. The van der Waals surface area contributed by atoms with E-state index in [1.54, 1.807) is 0 Å². The van der Waals surface area contributed by atoms with Crippen LogP contribution >= 0.6 is 0 Å². The molecule has 0 aliphatic heterocycles. The highest BCUT2D eigenvalue weighted by atomic mass is 19.4. The van der Waals surface area contributed by atoms with Gasteiger partial charge in [0.05, 0.1) is 5.92 Å². The minimum Gasteiger partial charge on any atom is -0.348 e. The van der Waals surface area contributed by atoms with Crippen molar-refractivity contribution in [3.8, 4) is 0 Å². The molecule has 1 aliphatic carbocycles. The van der Waals surface area contributed by atoms with E-state index in [1.165, 1.54) is 5.32 Å². The number of carbonyl (C=O) groups excluding carboxylic acids is 1. The molecule has 10 heteroatoms. The molecule has 118 valence electrons. The summed E-state index contributed by atoms with van der Waals surface area (Å²) in [6.45, 7) is 0. The lowest BCUT2D eigenvalue weighted by molar-refractivity contribution is -0.270. The van der Waals surface area contributed by atoms with Crippen molar-refractivity contribution >= 4 is 5.91 Å². The average molecular weight is 313 g/mol. The lowest BCUT2D eigenvalue weighted by Crippen LogP contribution is -2.53. The zero-order valence-electron chi connectivity index (χ0n) is 9.92. The summed E-state index contributed by atoms with van der Waals surface area (Å²) < 4.78 is 97.9. The predicted octanol–water partition coefficient (Wildman–Crippen LogP) is 3.42. The Morgan fingerprint density at radius 1 is 0.850 bits per heavy atom. The van der Waals surface area contributed by atoms with Gasteiger partial charge in [-0.1, -0.05) is 0 Å². The molecule has 0 aromatic heterocycles. The van der Waals surface area contributed by atoms with E-state index in [2.05, 4.69) is 0 Å². The Morgan fingerprint density at radius 3 is 1.65 bits per heavy atom. The second-order valence-corrected chi connectivity index (χ2v) is 4.64. The highest BCUT2D eigenvalue weighted by Gasteiger charge is 2.63. The number of halogens is 8. The largest absolute Gasteiger partial charge is 0.463 e. The van der Waals surface area contributed by atoms with Gasteiger partial charge in [0.25, 0.3) is 0 Å². The molecule has 0 spiro atoms. The summed E-state index contributed by atoms with van der Waals surface area (Å²) in [5.74, 6) is -9.69. The fraction of sp³-hybridized carbons (Fsp3) is 0.900. The Kier molecular flexibility index (Phi) is 4.55. The van der Waals surface area contributed by atoms with Crippen molar-refractivity contribution in [1.29, 1.82) is 0 Å². The maximum atomic E-state index is 12.6. The molecule has 1 amide bonds.